The molecule has 5 heterocycles. The van der Waals surface area contributed by atoms with Crippen molar-refractivity contribution in [1.29, 1.82) is 0 Å². The largest absolute Gasteiger partial charge is 0.369 e. The van der Waals surface area contributed by atoms with Crippen LogP contribution >= 0.6 is 11.3 Å². The number of benzene rings is 1. The highest BCUT2D eigenvalue weighted by molar-refractivity contribution is 7.89. The third-order valence-electron chi connectivity index (χ3n) is 7.89. The molecule has 0 spiro atoms. The van der Waals surface area contributed by atoms with Gasteiger partial charge in [0.15, 0.2) is 5.65 Å². The summed E-state index contributed by atoms with van der Waals surface area (Å²) in [6, 6.07) is 5.82. The van der Waals surface area contributed by atoms with Crippen molar-refractivity contribution < 1.29 is 8.42 Å². The summed E-state index contributed by atoms with van der Waals surface area (Å²) in [6.07, 6.45) is 10.0. The molecule has 1 atom stereocenters. The molecule has 2 fully saturated rings. The third kappa shape index (κ3) is 4.72. The van der Waals surface area contributed by atoms with E-state index in [0.29, 0.717) is 23.3 Å². The lowest BCUT2D eigenvalue weighted by Crippen LogP contribution is -2.29. The van der Waals surface area contributed by atoms with Gasteiger partial charge < -0.3 is 14.8 Å². The van der Waals surface area contributed by atoms with E-state index in [1.54, 1.807) is 29.7 Å². The van der Waals surface area contributed by atoms with Gasteiger partial charge in [0, 0.05) is 47.7 Å². The molecular formula is C27H33N7O2S2. The zero-order chi connectivity index (χ0) is 26.4. The van der Waals surface area contributed by atoms with Crippen molar-refractivity contribution in [3.63, 3.8) is 0 Å². The second kappa shape index (κ2) is 10.0. The number of likely N-dealkylation sites (tertiary alicyclic amines) is 1. The average molecular weight is 552 g/mol. The quantitative estimate of drug-likeness (QED) is 0.364. The molecule has 1 aromatic carbocycles. The Labute approximate surface area is 227 Å². The smallest absolute Gasteiger partial charge is 0.240 e. The minimum absolute atomic E-state index is 0.230. The molecule has 38 heavy (non-hydrogen) atoms. The van der Waals surface area contributed by atoms with E-state index in [2.05, 4.69) is 38.5 Å². The number of hydrogen-bond donors (Lipinski definition) is 2. The van der Waals surface area contributed by atoms with E-state index in [1.807, 2.05) is 18.5 Å². The minimum Gasteiger partial charge on any atom is -0.369 e. The van der Waals surface area contributed by atoms with Crippen LogP contribution in [0.1, 0.15) is 43.5 Å². The average Bonchev–Trinajstić information content (AvgIpc) is 3.68. The van der Waals surface area contributed by atoms with Crippen molar-refractivity contribution in [2.24, 2.45) is 0 Å². The van der Waals surface area contributed by atoms with Crippen LogP contribution in [0.2, 0.25) is 0 Å². The first-order valence-electron chi connectivity index (χ1n) is 13.2. The maximum Gasteiger partial charge on any atom is 0.240 e. The maximum atomic E-state index is 12.8. The molecule has 2 aliphatic rings. The van der Waals surface area contributed by atoms with Gasteiger partial charge in [0.2, 0.25) is 10.0 Å². The molecule has 0 unspecified atom stereocenters. The van der Waals surface area contributed by atoms with Gasteiger partial charge in [-0.1, -0.05) is 0 Å². The monoisotopic (exact) mass is 551 g/mol. The second-order valence-electron chi connectivity index (χ2n) is 10.4. The van der Waals surface area contributed by atoms with Crippen molar-refractivity contribution in [3.05, 3.63) is 41.8 Å². The van der Waals surface area contributed by atoms with E-state index in [1.165, 1.54) is 12.1 Å². The van der Waals surface area contributed by atoms with Crippen molar-refractivity contribution >= 4 is 38.2 Å². The summed E-state index contributed by atoms with van der Waals surface area (Å²) < 4.78 is 28.1. The number of anilines is 1. The summed E-state index contributed by atoms with van der Waals surface area (Å²) in [5, 5.41) is 1.18. The number of piperidine rings is 1. The number of nitrogens with one attached hydrogen (secondary N) is 2. The Hall–Kier alpha value is -2.86. The van der Waals surface area contributed by atoms with E-state index in [9.17, 15) is 8.42 Å². The molecule has 200 valence electrons. The van der Waals surface area contributed by atoms with Crippen LogP contribution in [-0.2, 0) is 10.0 Å². The Bertz CT molecular complexity index is 1570. The summed E-state index contributed by atoms with van der Waals surface area (Å²) in [7, 11) is -0.0248. The molecule has 3 aromatic heterocycles. The number of sulfonamides is 1. The second-order valence-corrected chi connectivity index (χ2v) is 13.4. The molecule has 9 nitrogen and oxygen atoms in total. The fourth-order valence-corrected chi connectivity index (χ4v) is 7.46. The molecule has 2 N–H and O–H groups in total. The van der Waals surface area contributed by atoms with Crippen LogP contribution in [0.25, 0.3) is 32.9 Å². The van der Waals surface area contributed by atoms with Gasteiger partial charge in [-0.3, -0.25) is 0 Å². The molecule has 4 aromatic rings. The molecule has 0 bridgehead atoms. The van der Waals surface area contributed by atoms with Gasteiger partial charge in [0.25, 0.3) is 0 Å². The maximum absolute atomic E-state index is 12.8. The van der Waals surface area contributed by atoms with Crippen molar-refractivity contribution in [1.82, 2.24) is 29.6 Å². The first kappa shape index (κ1) is 25.4. The number of aromatic amines is 1. The topological polar surface area (TPSA) is 107 Å². The number of aromatic nitrogens is 4. The van der Waals surface area contributed by atoms with Crippen LogP contribution in [0.4, 0.5) is 5.69 Å². The zero-order valence-electron chi connectivity index (χ0n) is 21.9. The molecular weight excluding hydrogens is 518 g/mol. The predicted molar refractivity (Wildman–Crippen MR) is 152 cm³/mol. The van der Waals surface area contributed by atoms with Crippen LogP contribution in [0.3, 0.4) is 0 Å². The summed E-state index contributed by atoms with van der Waals surface area (Å²) >= 11 is 1.73. The van der Waals surface area contributed by atoms with E-state index < -0.39 is 10.0 Å². The zero-order valence-corrected chi connectivity index (χ0v) is 23.6. The predicted octanol–water partition coefficient (Wildman–Crippen LogP) is 4.45. The fraction of sp³-hybridized carbons (Fsp3) is 0.444. The minimum atomic E-state index is -3.63. The molecule has 0 aliphatic carbocycles. The van der Waals surface area contributed by atoms with Gasteiger partial charge in [-0.05, 0) is 78.0 Å². The van der Waals surface area contributed by atoms with Crippen LogP contribution in [-0.4, -0.2) is 73.0 Å². The number of H-pyrrole nitrogens is 1. The van der Waals surface area contributed by atoms with Gasteiger partial charge in [-0.25, -0.2) is 28.1 Å². The standard InChI is InChI=1S/C27H33N7O2S2/c1-17-5-4-8-34(17)20-11-19(12-21(13-20)38(35,36)28-2)23-15-30-26-25(32-23)22(14-29-26)24-16-31-27(37-24)18-6-9-33(3)10-7-18/h11-18,28H,4-10H2,1-3H3,(H,29,30)/t17-/m1/s1. The van der Waals surface area contributed by atoms with E-state index in [-0.39, 0.29) is 4.90 Å². The summed E-state index contributed by atoms with van der Waals surface area (Å²) in [5.41, 5.74) is 4.69. The molecule has 0 radical (unpaired) electrons. The first-order valence-corrected chi connectivity index (χ1v) is 15.5. The highest BCUT2D eigenvalue weighted by Crippen LogP contribution is 2.38. The van der Waals surface area contributed by atoms with Crippen LogP contribution in [0.5, 0.6) is 0 Å². The van der Waals surface area contributed by atoms with Gasteiger partial charge in [-0.2, -0.15) is 0 Å². The van der Waals surface area contributed by atoms with Gasteiger partial charge in [0.05, 0.1) is 26.7 Å². The number of rotatable bonds is 6. The van der Waals surface area contributed by atoms with E-state index in [4.69, 9.17) is 9.97 Å². The van der Waals surface area contributed by atoms with Crippen molar-refractivity contribution in [2.45, 2.75) is 49.5 Å². The summed E-state index contributed by atoms with van der Waals surface area (Å²) in [6.45, 7) is 5.28. The number of thiazole rings is 1. The van der Waals surface area contributed by atoms with Crippen LogP contribution < -0.4 is 9.62 Å². The normalized spacial score (nSPS) is 19.6. The summed E-state index contributed by atoms with van der Waals surface area (Å²) in [4.78, 5) is 23.6. The Kier molecular flexibility index (Phi) is 6.71. The molecule has 11 heteroatoms. The Morgan fingerprint density at radius 3 is 2.63 bits per heavy atom. The van der Waals surface area contributed by atoms with E-state index >= 15 is 0 Å². The molecule has 2 saturated heterocycles. The third-order valence-corrected chi connectivity index (χ3v) is 10.5. The van der Waals surface area contributed by atoms with E-state index in [0.717, 1.165) is 72.5 Å². The van der Waals surface area contributed by atoms with Crippen molar-refractivity contribution in [3.8, 4) is 21.7 Å². The highest BCUT2D eigenvalue weighted by atomic mass is 32.2. The SMILES string of the molecule is CNS(=O)(=O)c1cc(-c2cnc3[nH]cc(-c4cnc(C5CCN(C)CC5)s4)c3n2)cc(N2CCC[C@H]2C)c1. The van der Waals surface area contributed by atoms with Gasteiger partial charge in [-0.15, -0.1) is 11.3 Å². The number of fused-ring (bicyclic) bond motifs is 1. The summed E-state index contributed by atoms with van der Waals surface area (Å²) in [5.74, 6) is 0.500. The van der Waals surface area contributed by atoms with Crippen LogP contribution in [0.15, 0.2) is 41.7 Å². The first-order chi connectivity index (χ1) is 18.3. The van der Waals surface area contributed by atoms with Gasteiger partial charge in [0.1, 0.15) is 5.52 Å². The van der Waals surface area contributed by atoms with Gasteiger partial charge >= 0.3 is 0 Å². The molecule has 6 rings (SSSR count). The molecule has 0 amide bonds. The Morgan fingerprint density at radius 2 is 1.89 bits per heavy atom. The molecule has 0 saturated carbocycles. The fourth-order valence-electron chi connectivity index (χ4n) is 5.56. The number of hydrogen-bond acceptors (Lipinski definition) is 8. The van der Waals surface area contributed by atoms with Crippen LogP contribution in [0, 0.1) is 0 Å². The Morgan fingerprint density at radius 1 is 1.08 bits per heavy atom. The lowest BCUT2D eigenvalue weighted by atomic mass is 9.98. The number of nitrogens with zero attached hydrogens (tertiary/aromatic N) is 5. The lowest BCUT2D eigenvalue weighted by Gasteiger charge is -2.27. The highest BCUT2D eigenvalue weighted by Gasteiger charge is 2.25. The lowest BCUT2D eigenvalue weighted by molar-refractivity contribution is 0.255. The van der Waals surface area contributed by atoms with Crippen molar-refractivity contribution in [2.75, 3.05) is 38.6 Å². The molecule has 2 aliphatic heterocycles. The Balaban J connectivity index is 1.40.